The molecule has 0 N–H and O–H groups in total. The van der Waals surface area contributed by atoms with Crippen molar-refractivity contribution in [3.05, 3.63) is 66.1 Å². The van der Waals surface area contributed by atoms with Gasteiger partial charge in [-0.15, -0.1) is 0 Å². The lowest BCUT2D eigenvalue weighted by atomic mass is 10.0. The van der Waals surface area contributed by atoms with Gasteiger partial charge in [0.15, 0.2) is 5.82 Å². The monoisotopic (exact) mass is 499 g/mol. The number of benzene rings is 1. The fraction of sp³-hybridized carbons (Fsp3) is 0.559. The van der Waals surface area contributed by atoms with E-state index in [-0.39, 0.29) is 0 Å². The highest BCUT2D eigenvalue weighted by atomic mass is 14.9. The molecular weight excluding hydrogens is 450 g/mol. The van der Waals surface area contributed by atoms with E-state index in [1.165, 1.54) is 107 Å². The van der Waals surface area contributed by atoms with Crippen LogP contribution in [0.25, 0.3) is 22.6 Å². The van der Waals surface area contributed by atoms with Crippen LogP contribution in [-0.2, 0) is 12.8 Å². The van der Waals surface area contributed by atoms with E-state index in [0.717, 1.165) is 35.5 Å². The summed E-state index contributed by atoms with van der Waals surface area (Å²) in [6, 6.07) is 12.9. The van der Waals surface area contributed by atoms with Gasteiger partial charge in [0.05, 0.1) is 5.69 Å². The molecule has 3 heteroatoms. The Kier molecular flexibility index (Phi) is 14.0. The van der Waals surface area contributed by atoms with Crippen LogP contribution in [0.2, 0.25) is 0 Å². The Labute approximate surface area is 226 Å². The van der Waals surface area contributed by atoms with Gasteiger partial charge in [-0.1, -0.05) is 128 Å². The molecule has 0 aliphatic carbocycles. The van der Waals surface area contributed by atoms with Crippen molar-refractivity contribution in [3.8, 4) is 22.6 Å². The van der Waals surface area contributed by atoms with E-state index in [1.807, 2.05) is 12.4 Å². The number of unbranched alkanes of at least 4 members (excludes halogenated alkanes) is 13. The summed E-state index contributed by atoms with van der Waals surface area (Å²) in [5.41, 5.74) is 5.80. The first-order valence-corrected chi connectivity index (χ1v) is 15.2. The average molecular weight is 500 g/mol. The van der Waals surface area contributed by atoms with E-state index in [4.69, 9.17) is 4.98 Å². The summed E-state index contributed by atoms with van der Waals surface area (Å²) in [5.74, 6) is 0.795. The molecule has 1 aromatic carbocycles. The molecule has 0 aliphatic heterocycles. The molecule has 0 fully saturated rings. The van der Waals surface area contributed by atoms with Gasteiger partial charge in [-0.3, -0.25) is 4.98 Å². The van der Waals surface area contributed by atoms with Crippen LogP contribution in [0.5, 0.6) is 0 Å². The van der Waals surface area contributed by atoms with Crippen LogP contribution >= 0.6 is 0 Å². The van der Waals surface area contributed by atoms with Crippen LogP contribution in [0.1, 0.15) is 121 Å². The Morgan fingerprint density at radius 2 is 0.892 bits per heavy atom. The van der Waals surface area contributed by atoms with E-state index in [0.29, 0.717) is 0 Å². The normalized spacial score (nSPS) is 11.2. The molecule has 200 valence electrons. The minimum absolute atomic E-state index is 0.795. The first-order valence-electron chi connectivity index (χ1n) is 15.2. The van der Waals surface area contributed by atoms with Gasteiger partial charge in [-0.05, 0) is 42.9 Å². The van der Waals surface area contributed by atoms with Gasteiger partial charge in [0, 0.05) is 29.7 Å². The van der Waals surface area contributed by atoms with Crippen molar-refractivity contribution in [1.82, 2.24) is 15.0 Å². The summed E-state index contributed by atoms with van der Waals surface area (Å²) in [6.07, 6.45) is 28.5. The van der Waals surface area contributed by atoms with Crippen LogP contribution in [0.4, 0.5) is 0 Å². The highest BCUT2D eigenvalue weighted by Crippen LogP contribution is 2.22. The molecule has 2 aromatic heterocycles. The summed E-state index contributed by atoms with van der Waals surface area (Å²) in [5, 5.41) is 0. The largest absolute Gasteiger partial charge is 0.256 e. The standard InChI is InChI=1S/C34H49N3/c1-3-5-7-9-11-13-14-16-18-29-20-25-33(35-26-29)31-21-23-32(24-22-31)34-36-27-30(28-37-34)19-17-15-12-10-8-6-4-2/h20-28H,3-19H2,1-2H3. The first kappa shape index (κ1) is 29.0. The smallest absolute Gasteiger partial charge is 0.159 e. The lowest BCUT2D eigenvalue weighted by Crippen LogP contribution is -1.94. The van der Waals surface area contributed by atoms with E-state index in [2.05, 4.69) is 66.4 Å². The number of aryl methyl sites for hydroxylation is 2. The van der Waals surface area contributed by atoms with Crippen LogP contribution in [0, 0.1) is 0 Å². The zero-order chi connectivity index (χ0) is 26.0. The molecule has 37 heavy (non-hydrogen) atoms. The van der Waals surface area contributed by atoms with Gasteiger partial charge in [-0.25, -0.2) is 9.97 Å². The zero-order valence-electron chi connectivity index (χ0n) is 23.6. The van der Waals surface area contributed by atoms with Gasteiger partial charge in [-0.2, -0.15) is 0 Å². The minimum atomic E-state index is 0.795. The molecule has 0 aliphatic rings. The Morgan fingerprint density at radius 1 is 0.432 bits per heavy atom. The van der Waals surface area contributed by atoms with Crippen LogP contribution in [-0.4, -0.2) is 15.0 Å². The molecular formula is C34H49N3. The van der Waals surface area contributed by atoms with E-state index in [1.54, 1.807) is 0 Å². The third-order valence-electron chi connectivity index (χ3n) is 7.36. The van der Waals surface area contributed by atoms with Gasteiger partial charge in [0.2, 0.25) is 0 Å². The summed E-state index contributed by atoms with van der Waals surface area (Å²) < 4.78 is 0. The quantitative estimate of drug-likeness (QED) is 0.154. The second-order valence-corrected chi connectivity index (χ2v) is 10.6. The van der Waals surface area contributed by atoms with Crippen molar-refractivity contribution in [1.29, 1.82) is 0 Å². The van der Waals surface area contributed by atoms with Crippen molar-refractivity contribution in [3.63, 3.8) is 0 Å². The van der Waals surface area contributed by atoms with Gasteiger partial charge < -0.3 is 0 Å². The molecule has 0 saturated heterocycles. The van der Waals surface area contributed by atoms with Crippen molar-refractivity contribution in [2.24, 2.45) is 0 Å². The molecule has 0 unspecified atom stereocenters. The maximum Gasteiger partial charge on any atom is 0.159 e. The van der Waals surface area contributed by atoms with E-state index in [9.17, 15) is 0 Å². The number of rotatable bonds is 19. The highest BCUT2D eigenvalue weighted by Gasteiger charge is 2.05. The summed E-state index contributed by atoms with van der Waals surface area (Å²) in [6.45, 7) is 4.55. The van der Waals surface area contributed by atoms with Gasteiger partial charge >= 0.3 is 0 Å². The third-order valence-corrected chi connectivity index (χ3v) is 7.36. The molecule has 0 spiro atoms. The summed E-state index contributed by atoms with van der Waals surface area (Å²) in [7, 11) is 0. The predicted octanol–water partition coefficient (Wildman–Crippen LogP) is 10.2. The SMILES string of the molecule is CCCCCCCCCCc1ccc(-c2ccc(-c3ncc(CCCCCCCCC)cn3)cc2)nc1. The molecule has 2 heterocycles. The van der Waals surface area contributed by atoms with Crippen molar-refractivity contribution >= 4 is 0 Å². The second kappa shape index (κ2) is 17.8. The van der Waals surface area contributed by atoms with Crippen molar-refractivity contribution in [2.45, 2.75) is 123 Å². The van der Waals surface area contributed by atoms with Crippen LogP contribution < -0.4 is 0 Å². The van der Waals surface area contributed by atoms with Crippen molar-refractivity contribution in [2.75, 3.05) is 0 Å². The maximum atomic E-state index is 4.74. The molecule has 0 saturated carbocycles. The molecule has 0 bridgehead atoms. The number of pyridine rings is 1. The Hall–Kier alpha value is -2.55. The average Bonchev–Trinajstić information content (AvgIpc) is 2.95. The first-order chi connectivity index (χ1) is 18.3. The molecule has 3 aromatic rings. The summed E-state index contributed by atoms with van der Waals surface area (Å²) in [4.78, 5) is 14.0. The molecule has 3 nitrogen and oxygen atoms in total. The zero-order valence-corrected chi connectivity index (χ0v) is 23.6. The number of nitrogens with zero attached hydrogens (tertiary/aromatic N) is 3. The second-order valence-electron chi connectivity index (χ2n) is 10.6. The Balaban J connectivity index is 1.39. The van der Waals surface area contributed by atoms with Crippen molar-refractivity contribution < 1.29 is 0 Å². The maximum absolute atomic E-state index is 4.74. The fourth-order valence-corrected chi connectivity index (χ4v) is 4.92. The number of hydrogen-bond donors (Lipinski definition) is 0. The summed E-state index contributed by atoms with van der Waals surface area (Å²) >= 11 is 0. The Bertz CT molecular complexity index is 961. The van der Waals surface area contributed by atoms with Crippen LogP contribution in [0.3, 0.4) is 0 Å². The number of aromatic nitrogens is 3. The van der Waals surface area contributed by atoms with E-state index < -0.39 is 0 Å². The predicted molar refractivity (Wildman–Crippen MR) is 159 cm³/mol. The highest BCUT2D eigenvalue weighted by molar-refractivity contribution is 5.65. The van der Waals surface area contributed by atoms with Gasteiger partial charge in [0.25, 0.3) is 0 Å². The molecule has 0 amide bonds. The molecule has 3 rings (SSSR count). The van der Waals surface area contributed by atoms with Crippen LogP contribution in [0.15, 0.2) is 55.0 Å². The lowest BCUT2D eigenvalue weighted by Gasteiger charge is -2.06. The topological polar surface area (TPSA) is 38.7 Å². The van der Waals surface area contributed by atoms with Gasteiger partial charge in [0.1, 0.15) is 0 Å². The van der Waals surface area contributed by atoms with E-state index >= 15 is 0 Å². The Morgan fingerprint density at radius 3 is 1.41 bits per heavy atom. The minimum Gasteiger partial charge on any atom is -0.256 e. The molecule has 0 radical (unpaired) electrons. The number of hydrogen-bond acceptors (Lipinski definition) is 3. The fourth-order valence-electron chi connectivity index (χ4n) is 4.92. The third kappa shape index (κ3) is 11.2. The lowest BCUT2D eigenvalue weighted by molar-refractivity contribution is 0.575. The molecule has 0 atom stereocenters.